The number of carbonyl (C=O) groups is 1. The van der Waals surface area contributed by atoms with E-state index in [0.29, 0.717) is 0 Å². The van der Waals surface area contributed by atoms with Gasteiger partial charge >= 0.3 is 6.09 Å². The average Bonchev–Trinajstić information content (AvgIpc) is 3.32. The van der Waals surface area contributed by atoms with E-state index >= 15 is 0 Å². The first-order valence-electron chi connectivity index (χ1n) is 8.66. The van der Waals surface area contributed by atoms with Crippen molar-refractivity contribution in [1.82, 2.24) is 10.3 Å². The predicted molar refractivity (Wildman–Crippen MR) is 90.6 cm³/mol. The molecule has 1 amide bonds. The maximum absolute atomic E-state index is 12.7. The number of carbonyl (C=O) groups excluding carboxylic acids is 1. The van der Waals surface area contributed by atoms with Crippen LogP contribution in [0.2, 0.25) is 0 Å². The zero-order chi connectivity index (χ0) is 16.4. The van der Waals surface area contributed by atoms with Crippen molar-refractivity contribution < 1.29 is 9.53 Å². The van der Waals surface area contributed by atoms with Crippen molar-refractivity contribution in [3.63, 3.8) is 0 Å². The molecule has 0 aromatic carbocycles. The summed E-state index contributed by atoms with van der Waals surface area (Å²) in [6.45, 7) is 6.73. The lowest BCUT2D eigenvalue weighted by Gasteiger charge is -2.31. The minimum atomic E-state index is -0.498. The van der Waals surface area contributed by atoms with Gasteiger partial charge in [-0.05, 0) is 59.1 Å². The molecule has 0 radical (unpaired) electrons. The van der Waals surface area contributed by atoms with Gasteiger partial charge in [-0.1, -0.05) is 12.5 Å². The number of rotatable bonds is 3. The number of hydrogen-bond donors (Lipinski definition) is 1. The van der Waals surface area contributed by atoms with E-state index < -0.39 is 5.60 Å². The second-order valence-electron chi connectivity index (χ2n) is 7.50. The van der Waals surface area contributed by atoms with Crippen molar-refractivity contribution in [1.29, 1.82) is 0 Å². The number of anilines is 1. The third kappa shape index (κ3) is 4.02. The molecule has 0 spiro atoms. The van der Waals surface area contributed by atoms with E-state index in [1.165, 1.54) is 12.8 Å². The van der Waals surface area contributed by atoms with Crippen molar-refractivity contribution in [2.75, 3.05) is 11.4 Å². The third-order valence-corrected chi connectivity index (χ3v) is 4.23. The monoisotopic (exact) mass is 317 g/mol. The van der Waals surface area contributed by atoms with Crippen molar-refractivity contribution in [3.8, 4) is 0 Å². The Bertz CT molecular complexity index is 558. The quantitative estimate of drug-likeness (QED) is 0.921. The lowest BCUT2D eigenvalue weighted by molar-refractivity contribution is 0.0576. The fourth-order valence-corrected chi connectivity index (χ4v) is 3.05. The summed E-state index contributed by atoms with van der Waals surface area (Å²) < 4.78 is 5.62. The van der Waals surface area contributed by atoms with Crippen LogP contribution in [-0.4, -0.2) is 29.3 Å². The topological polar surface area (TPSA) is 54.5 Å². The van der Waals surface area contributed by atoms with Gasteiger partial charge in [0.2, 0.25) is 0 Å². The van der Waals surface area contributed by atoms with Gasteiger partial charge in [0.15, 0.2) is 0 Å². The minimum Gasteiger partial charge on any atom is -0.443 e. The zero-order valence-corrected chi connectivity index (χ0v) is 14.3. The van der Waals surface area contributed by atoms with Crippen molar-refractivity contribution >= 4 is 11.9 Å². The molecule has 1 atom stereocenters. The summed E-state index contributed by atoms with van der Waals surface area (Å²) >= 11 is 0. The molecule has 1 saturated heterocycles. The Morgan fingerprint density at radius 3 is 2.70 bits per heavy atom. The minimum absolute atomic E-state index is 0.224. The molecule has 2 aliphatic rings. The van der Waals surface area contributed by atoms with Gasteiger partial charge in [-0.3, -0.25) is 4.90 Å². The molecule has 2 heterocycles. The maximum atomic E-state index is 12.7. The fourth-order valence-electron chi connectivity index (χ4n) is 3.05. The largest absolute Gasteiger partial charge is 0.443 e. The maximum Gasteiger partial charge on any atom is 0.416 e. The third-order valence-electron chi connectivity index (χ3n) is 4.23. The first-order valence-corrected chi connectivity index (χ1v) is 8.66. The molecule has 0 bridgehead atoms. The summed E-state index contributed by atoms with van der Waals surface area (Å²) in [5.74, 6) is 0.767. The summed E-state index contributed by atoms with van der Waals surface area (Å²) in [4.78, 5) is 19.0. The second-order valence-corrected chi connectivity index (χ2v) is 7.50. The molecule has 5 heteroatoms. The summed E-state index contributed by atoms with van der Waals surface area (Å²) in [6, 6.07) is 4.54. The van der Waals surface area contributed by atoms with Gasteiger partial charge in [0.1, 0.15) is 11.4 Å². The smallest absolute Gasteiger partial charge is 0.416 e. The highest BCUT2D eigenvalue weighted by atomic mass is 16.6. The van der Waals surface area contributed by atoms with Gasteiger partial charge in [-0.25, -0.2) is 9.78 Å². The normalized spacial score (nSPS) is 21.8. The molecular formula is C18H27N3O2. The van der Waals surface area contributed by atoms with E-state index in [-0.39, 0.29) is 18.2 Å². The van der Waals surface area contributed by atoms with Gasteiger partial charge in [0.05, 0.1) is 0 Å². The first-order chi connectivity index (χ1) is 11.0. The van der Waals surface area contributed by atoms with E-state index in [4.69, 9.17) is 4.74 Å². The number of pyridine rings is 1. The van der Waals surface area contributed by atoms with Crippen LogP contribution in [0.4, 0.5) is 10.6 Å². The molecule has 1 saturated carbocycles. The highest BCUT2D eigenvalue weighted by Crippen LogP contribution is 2.37. The van der Waals surface area contributed by atoms with Crippen molar-refractivity contribution in [2.45, 2.75) is 70.6 Å². The van der Waals surface area contributed by atoms with Crippen LogP contribution in [0.25, 0.3) is 0 Å². The Balaban J connectivity index is 1.89. The van der Waals surface area contributed by atoms with Crippen LogP contribution >= 0.6 is 0 Å². The van der Waals surface area contributed by atoms with E-state index in [1.54, 1.807) is 11.1 Å². The standard InChI is InChI=1S/C18H27N3O2/c1-18(2,3)23-17(22)21(13-9-10-13)16-14(7-6-12-20-16)15-8-4-5-11-19-15/h6-7,12-13,15,19H,4-5,8-11H2,1-3H3/t15-/m0/s1. The molecule has 2 fully saturated rings. The molecule has 23 heavy (non-hydrogen) atoms. The van der Waals surface area contributed by atoms with Crippen LogP contribution in [0.15, 0.2) is 18.3 Å². The van der Waals surface area contributed by atoms with E-state index in [1.807, 2.05) is 26.8 Å². The number of hydrogen-bond acceptors (Lipinski definition) is 4. The first kappa shape index (κ1) is 16.2. The Labute approximate surface area is 138 Å². The van der Waals surface area contributed by atoms with Crippen molar-refractivity contribution in [3.05, 3.63) is 23.9 Å². The van der Waals surface area contributed by atoms with Crippen LogP contribution in [-0.2, 0) is 4.74 Å². The van der Waals surface area contributed by atoms with Gasteiger partial charge in [-0.2, -0.15) is 0 Å². The highest BCUT2D eigenvalue weighted by Gasteiger charge is 2.39. The molecule has 1 aromatic rings. The molecule has 5 nitrogen and oxygen atoms in total. The molecule has 3 rings (SSSR count). The van der Waals surface area contributed by atoms with Crippen LogP contribution in [0.3, 0.4) is 0 Å². The van der Waals surface area contributed by atoms with Gasteiger partial charge in [0.25, 0.3) is 0 Å². The van der Waals surface area contributed by atoms with Crippen LogP contribution in [0.1, 0.15) is 64.5 Å². The van der Waals surface area contributed by atoms with Crippen LogP contribution in [0, 0.1) is 0 Å². The molecule has 1 aromatic heterocycles. The lowest BCUT2D eigenvalue weighted by atomic mass is 9.97. The van der Waals surface area contributed by atoms with E-state index in [2.05, 4.69) is 16.4 Å². The van der Waals surface area contributed by atoms with Crippen LogP contribution < -0.4 is 10.2 Å². The zero-order valence-electron chi connectivity index (χ0n) is 14.3. The number of nitrogens with one attached hydrogen (secondary N) is 1. The Hall–Kier alpha value is -1.62. The average molecular weight is 317 g/mol. The summed E-state index contributed by atoms with van der Waals surface area (Å²) in [5.41, 5.74) is 0.618. The van der Waals surface area contributed by atoms with E-state index in [9.17, 15) is 4.79 Å². The second kappa shape index (κ2) is 6.48. The van der Waals surface area contributed by atoms with Gasteiger partial charge in [0, 0.05) is 23.8 Å². The summed E-state index contributed by atoms with van der Waals surface area (Å²) in [7, 11) is 0. The number of piperidine rings is 1. The highest BCUT2D eigenvalue weighted by molar-refractivity contribution is 5.89. The SMILES string of the molecule is CC(C)(C)OC(=O)N(c1ncccc1[C@@H]1CCCCN1)C1CC1. The Morgan fingerprint density at radius 1 is 1.30 bits per heavy atom. The fraction of sp³-hybridized carbons (Fsp3) is 0.667. The molecule has 0 unspecified atom stereocenters. The van der Waals surface area contributed by atoms with E-state index in [0.717, 1.165) is 37.2 Å². The number of nitrogens with zero attached hydrogens (tertiary/aromatic N) is 2. The Morgan fingerprint density at radius 2 is 2.09 bits per heavy atom. The molecule has 126 valence electrons. The number of amides is 1. The van der Waals surface area contributed by atoms with Gasteiger partial charge < -0.3 is 10.1 Å². The molecule has 1 aliphatic carbocycles. The number of ether oxygens (including phenoxy) is 1. The summed E-state index contributed by atoms with van der Waals surface area (Å²) in [6.07, 6.45) is 7.04. The lowest BCUT2D eigenvalue weighted by Crippen LogP contribution is -2.40. The summed E-state index contributed by atoms with van der Waals surface area (Å²) in [5, 5.41) is 3.56. The molecular weight excluding hydrogens is 290 g/mol. The van der Waals surface area contributed by atoms with Crippen LogP contribution in [0.5, 0.6) is 0 Å². The molecule has 1 N–H and O–H groups in total. The van der Waals surface area contributed by atoms with Crippen molar-refractivity contribution in [2.24, 2.45) is 0 Å². The molecule has 1 aliphatic heterocycles. The van der Waals surface area contributed by atoms with Gasteiger partial charge in [-0.15, -0.1) is 0 Å². The predicted octanol–water partition coefficient (Wildman–Crippen LogP) is 3.80. The Kier molecular flexibility index (Phi) is 4.57. The number of aromatic nitrogens is 1.